The number of fused-ring (bicyclic) bond motifs is 1. The fourth-order valence-electron chi connectivity index (χ4n) is 3.22. The number of carboxylic acid groups (broad SMARTS) is 1. The molecule has 1 heterocycles. The van der Waals surface area contributed by atoms with E-state index in [1.807, 2.05) is 6.92 Å². The van der Waals surface area contributed by atoms with Gasteiger partial charge in [0.05, 0.1) is 6.04 Å². The molecule has 1 saturated carbocycles. The van der Waals surface area contributed by atoms with Gasteiger partial charge in [-0.15, -0.1) is 0 Å². The number of carbonyl (C=O) groups excluding carboxylic acids is 1. The summed E-state index contributed by atoms with van der Waals surface area (Å²) in [5, 5.41) is 14.8. The van der Waals surface area contributed by atoms with Crippen LogP contribution in [-0.4, -0.2) is 35.6 Å². The van der Waals surface area contributed by atoms with Crippen LogP contribution in [0, 0.1) is 11.8 Å². The molecule has 1 saturated heterocycles. The molecule has 2 aliphatic rings. The van der Waals surface area contributed by atoms with Crippen LogP contribution < -0.4 is 10.6 Å². The van der Waals surface area contributed by atoms with E-state index in [1.54, 1.807) is 0 Å². The van der Waals surface area contributed by atoms with Gasteiger partial charge in [-0.3, -0.25) is 9.59 Å². The monoisotopic (exact) mass is 254 g/mol. The molecule has 5 nitrogen and oxygen atoms in total. The number of rotatable bonds is 5. The van der Waals surface area contributed by atoms with Gasteiger partial charge in [0.1, 0.15) is 0 Å². The third-order valence-corrected chi connectivity index (χ3v) is 4.21. The molecular weight excluding hydrogens is 232 g/mol. The maximum atomic E-state index is 12.1. The summed E-state index contributed by atoms with van der Waals surface area (Å²) in [5.41, 5.74) is 0. The van der Waals surface area contributed by atoms with Crippen molar-refractivity contribution in [3.63, 3.8) is 0 Å². The highest BCUT2D eigenvalue weighted by Crippen LogP contribution is 2.37. The summed E-state index contributed by atoms with van der Waals surface area (Å²) in [6, 6.07) is -0.138. The first-order valence-electron chi connectivity index (χ1n) is 6.83. The Morgan fingerprint density at radius 2 is 2.22 bits per heavy atom. The quantitative estimate of drug-likeness (QED) is 0.676. The fourth-order valence-corrected chi connectivity index (χ4v) is 3.22. The first-order valence-corrected chi connectivity index (χ1v) is 6.83. The van der Waals surface area contributed by atoms with Crippen molar-refractivity contribution in [3.8, 4) is 0 Å². The predicted octanol–water partition coefficient (Wildman–Crippen LogP) is 0.744. The highest BCUT2D eigenvalue weighted by Gasteiger charge is 2.42. The smallest absolute Gasteiger partial charge is 0.303 e. The van der Waals surface area contributed by atoms with E-state index in [4.69, 9.17) is 5.11 Å². The maximum Gasteiger partial charge on any atom is 0.303 e. The van der Waals surface area contributed by atoms with E-state index in [0.29, 0.717) is 18.3 Å². The van der Waals surface area contributed by atoms with Crippen molar-refractivity contribution in [2.45, 2.75) is 51.1 Å². The van der Waals surface area contributed by atoms with E-state index in [1.165, 1.54) is 12.8 Å². The molecular formula is C13H22N2O3. The zero-order valence-electron chi connectivity index (χ0n) is 10.8. The zero-order valence-corrected chi connectivity index (χ0v) is 10.8. The molecule has 4 unspecified atom stereocenters. The summed E-state index contributed by atoms with van der Waals surface area (Å²) in [5.74, 6) is 0.375. The summed E-state index contributed by atoms with van der Waals surface area (Å²) < 4.78 is 0. The van der Waals surface area contributed by atoms with Gasteiger partial charge >= 0.3 is 5.97 Å². The largest absolute Gasteiger partial charge is 0.481 e. The molecule has 0 aromatic rings. The number of carboxylic acids is 1. The lowest BCUT2D eigenvalue weighted by Gasteiger charge is -2.20. The molecule has 4 atom stereocenters. The second-order valence-electron chi connectivity index (χ2n) is 5.58. The van der Waals surface area contributed by atoms with Gasteiger partial charge in [-0.2, -0.15) is 0 Å². The van der Waals surface area contributed by atoms with Crippen LogP contribution in [-0.2, 0) is 9.59 Å². The molecule has 1 aliphatic heterocycles. The Labute approximate surface area is 107 Å². The van der Waals surface area contributed by atoms with Crippen LogP contribution in [0.3, 0.4) is 0 Å². The average molecular weight is 254 g/mol. The molecule has 3 N–H and O–H groups in total. The van der Waals surface area contributed by atoms with Gasteiger partial charge < -0.3 is 15.7 Å². The Balaban J connectivity index is 1.79. The number of aliphatic carboxylic acids is 1. The minimum absolute atomic E-state index is 0.0438. The van der Waals surface area contributed by atoms with Gasteiger partial charge in [0.15, 0.2) is 0 Å². The van der Waals surface area contributed by atoms with E-state index in [0.717, 1.165) is 13.0 Å². The third-order valence-electron chi connectivity index (χ3n) is 4.21. The summed E-state index contributed by atoms with van der Waals surface area (Å²) in [4.78, 5) is 22.6. The molecule has 0 aromatic carbocycles. The number of amides is 1. The Morgan fingerprint density at radius 1 is 1.44 bits per heavy atom. The molecule has 1 amide bonds. The molecule has 18 heavy (non-hydrogen) atoms. The fraction of sp³-hybridized carbons (Fsp3) is 0.846. The predicted molar refractivity (Wildman–Crippen MR) is 67.1 cm³/mol. The number of hydrogen-bond acceptors (Lipinski definition) is 3. The summed E-state index contributed by atoms with van der Waals surface area (Å²) in [6.07, 6.45) is 4.19. The minimum Gasteiger partial charge on any atom is -0.481 e. The Bertz CT molecular complexity index is 332. The van der Waals surface area contributed by atoms with Crippen LogP contribution in [0.1, 0.15) is 39.0 Å². The Hall–Kier alpha value is -1.10. The van der Waals surface area contributed by atoms with E-state index in [-0.39, 0.29) is 24.4 Å². The van der Waals surface area contributed by atoms with Gasteiger partial charge in [0, 0.05) is 12.5 Å². The number of carbonyl (C=O) groups is 2. The average Bonchev–Trinajstić information content (AvgIpc) is 2.87. The molecule has 5 heteroatoms. The Kier molecular flexibility index (Phi) is 4.22. The van der Waals surface area contributed by atoms with Gasteiger partial charge in [-0.05, 0) is 44.6 Å². The standard InChI is InChI=1S/C13H22N2O3/c1-8(5-6-11(16)17)15-13(18)12-10-4-2-3-9(10)7-14-12/h8-10,12,14H,2-7H2,1H3,(H,15,18)(H,16,17). The second-order valence-corrected chi connectivity index (χ2v) is 5.58. The number of nitrogens with one attached hydrogen (secondary N) is 2. The molecule has 0 aromatic heterocycles. The van der Waals surface area contributed by atoms with Crippen molar-refractivity contribution in [1.29, 1.82) is 0 Å². The normalized spacial score (nSPS) is 31.9. The third kappa shape index (κ3) is 3.02. The van der Waals surface area contributed by atoms with Gasteiger partial charge in [-0.25, -0.2) is 0 Å². The lowest BCUT2D eigenvalue weighted by molar-refractivity contribution is -0.137. The summed E-state index contributed by atoms with van der Waals surface area (Å²) >= 11 is 0. The van der Waals surface area contributed by atoms with Crippen molar-refractivity contribution in [1.82, 2.24) is 10.6 Å². The highest BCUT2D eigenvalue weighted by atomic mass is 16.4. The van der Waals surface area contributed by atoms with Crippen LogP contribution in [0.5, 0.6) is 0 Å². The van der Waals surface area contributed by atoms with Crippen LogP contribution in [0.25, 0.3) is 0 Å². The first kappa shape index (κ1) is 13.3. The zero-order chi connectivity index (χ0) is 13.1. The molecule has 0 radical (unpaired) electrons. The molecule has 2 rings (SSSR count). The van der Waals surface area contributed by atoms with Crippen molar-refractivity contribution in [2.75, 3.05) is 6.54 Å². The second kappa shape index (κ2) is 5.69. The van der Waals surface area contributed by atoms with Crippen molar-refractivity contribution >= 4 is 11.9 Å². The SMILES string of the molecule is CC(CCC(=O)O)NC(=O)C1NCC2CCCC21. The lowest BCUT2D eigenvalue weighted by atomic mass is 9.93. The van der Waals surface area contributed by atoms with Crippen LogP contribution in [0.2, 0.25) is 0 Å². The molecule has 0 bridgehead atoms. The van der Waals surface area contributed by atoms with Crippen molar-refractivity contribution in [3.05, 3.63) is 0 Å². The van der Waals surface area contributed by atoms with E-state index in [2.05, 4.69) is 10.6 Å². The maximum absolute atomic E-state index is 12.1. The van der Waals surface area contributed by atoms with Gasteiger partial charge in [0.25, 0.3) is 0 Å². The van der Waals surface area contributed by atoms with Crippen molar-refractivity contribution < 1.29 is 14.7 Å². The van der Waals surface area contributed by atoms with E-state index in [9.17, 15) is 9.59 Å². The summed E-state index contributed by atoms with van der Waals surface area (Å²) in [7, 11) is 0. The lowest BCUT2D eigenvalue weighted by Crippen LogP contribution is -2.47. The van der Waals surface area contributed by atoms with Crippen molar-refractivity contribution in [2.24, 2.45) is 11.8 Å². The Morgan fingerprint density at radius 3 is 2.94 bits per heavy atom. The summed E-state index contributed by atoms with van der Waals surface area (Å²) in [6.45, 7) is 2.81. The van der Waals surface area contributed by atoms with E-state index >= 15 is 0 Å². The topological polar surface area (TPSA) is 78.4 Å². The molecule has 102 valence electrons. The minimum atomic E-state index is -0.814. The van der Waals surface area contributed by atoms with Crippen LogP contribution in [0.15, 0.2) is 0 Å². The van der Waals surface area contributed by atoms with Crippen LogP contribution in [0.4, 0.5) is 0 Å². The van der Waals surface area contributed by atoms with Crippen LogP contribution >= 0.6 is 0 Å². The van der Waals surface area contributed by atoms with Gasteiger partial charge in [-0.1, -0.05) is 6.42 Å². The molecule has 2 fully saturated rings. The molecule has 0 spiro atoms. The molecule has 1 aliphatic carbocycles. The first-order chi connectivity index (χ1) is 8.58. The highest BCUT2D eigenvalue weighted by molar-refractivity contribution is 5.83. The van der Waals surface area contributed by atoms with Gasteiger partial charge in [0.2, 0.25) is 5.91 Å². The number of hydrogen-bond donors (Lipinski definition) is 3. The van der Waals surface area contributed by atoms with E-state index < -0.39 is 5.97 Å².